The number of nitrogens with zero attached hydrogens (tertiary/aromatic N) is 2. The van der Waals surface area contributed by atoms with E-state index < -0.39 is 0 Å². The molecule has 4 rings (SSSR count). The number of hydrogen-bond donors (Lipinski definition) is 1. The highest BCUT2D eigenvalue weighted by Crippen LogP contribution is 2.44. The monoisotopic (exact) mass is 417 g/mol. The molecule has 0 spiro atoms. The Bertz CT molecular complexity index is 1050. The summed E-state index contributed by atoms with van der Waals surface area (Å²) in [6, 6.07) is 18.4. The van der Waals surface area contributed by atoms with Crippen molar-refractivity contribution in [2.24, 2.45) is 0 Å². The van der Waals surface area contributed by atoms with Crippen LogP contribution < -0.4 is 10.1 Å². The second kappa shape index (κ2) is 8.96. The van der Waals surface area contributed by atoms with Gasteiger partial charge in [0.1, 0.15) is 5.75 Å². The number of aryl methyl sites for hydroxylation is 1. The number of amides is 1. The highest BCUT2D eigenvalue weighted by Gasteiger charge is 2.38. The zero-order valence-corrected chi connectivity index (χ0v) is 18.6. The number of carbonyl (C=O) groups is 1. The van der Waals surface area contributed by atoms with Gasteiger partial charge in [0.15, 0.2) is 0 Å². The van der Waals surface area contributed by atoms with Crippen LogP contribution in [0.5, 0.6) is 5.75 Å². The molecule has 1 aromatic heterocycles. The number of para-hydroxylation sites is 1. The number of hydrogen-bond acceptors (Lipinski definition) is 3. The van der Waals surface area contributed by atoms with E-state index in [0.717, 1.165) is 30.0 Å². The van der Waals surface area contributed by atoms with Crippen LogP contribution in [0.1, 0.15) is 58.6 Å². The maximum Gasteiger partial charge on any atom is 0.255 e. The summed E-state index contributed by atoms with van der Waals surface area (Å²) in [5.41, 5.74) is 4.64. The summed E-state index contributed by atoms with van der Waals surface area (Å²) in [4.78, 5) is 13.2. The van der Waals surface area contributed by atoms with Crippen molar-refractivity contribution >= 4 is 5.91 Å². The summed E-state index contributed by atoms with van der Waals surface area (Å²) in [6.07, 6.45) is 4.44. The zero-order chi connectivity index (χ0) is 21.8. The normalized spacial score (nSPS) is 15.1. The van der Waals surface area contributed by atoms with Crippen LogP contribution in [-0.4, -0.2) is 29.3 Å². The molecule has 0 aliphatic heterocycles. The molecule has 162 valence electrons. The van der Waals surface area contributed by atoms with E-state index in [-0.39, 0.29) is 11.3 Å². The molecule has 5 nitrogen and oxygen atoms in total. The van der Waals surface area contributed by atoms with Gasteiger partial charge in [-0.05, 0) is 38.3 Å². The molecule has 1 amide bonds. The van der Waals surface area contributed by atoms with E-state index in [0.29, 0.717) is 18.7 Å². The van der Waals surface area contributed by atoms with Crippen LogP contribution in [0.2, 0.25) is 0 Å². The summed E-state index contributed by atoms with van der Waals surface area (Å²) < 4.78 is 7.57. The lowest BCUT2D eigenvalue weighted by molar-refractivity contribution is 0.0941. The molecule has 3 aromatic rings. The first kappa shape index (κ1) is 21.2. The molecule has 0 saturated heterocycles. The lowest BCUT2D eigenvalue weighted by atomic mass is 9.78. The SMILES string of the molecule is COc1ccccc1C1(CNC(=O)c2c(C)nn(Cc3ccccc3)c2C)CCCC1. The van der Waals surface area contributed by atoms with Gasteiger partial charge >= 0.3 is 0 Å². The Labute approximate surface area is 184 Å². The molecule has 0 atom stereocenters. The average Bonchev–Trinajstić information content (AvgIpc) is 3.38. The minimum atomic E-state index is -0.0793. The van der Waals surface area contributed by atoms with Crippen LogP contribution in [0.15, 0.2) is 54.6 Å². The lowest BCUT2D eigenvalue weighted by Crippen LogP contribution is -2.39. The van der Waals surface area contributed by atoms with Gasteiger partial charge in [0.2, 0.25) is 0 Å². The van der Waals surface area contributed by atoms with E-state index in [9.17, 15) is 4.79 Å². The fourth-order valence-corrected chi connectivity index (χ4v) is 4.95. The summed E-state index contributed by atoms with van der Waals surface area (Å²) in [5, 5.41) is 7.89. The molecule has 1 N–H and O–H groups in total. The Kier molecular flexibility index (Phi) is 6.12. The zero-order valence-electron chi connectivity index (χ0n) is 18.6. The minimum absolute atomic E-state index is 0.0458. The van der Waals surface area contributed by atoms with E-state index in [4.69, 9.17) is 4.74 Å². The van der Waals surface area contributed by atoms with E-state index in [2.05, 4.69) is 34.7 Å². The predicted molar refractivity (Wildman–Crippen MR) is 123 cm³/mol. The van der Waals surface area contributed by atoms with Crippen LogP contribution in [0, 0.1) is 13.8 Å². The van der Waals surface area contributed by atoms with Gasteiger partial charge in [0.05, 0.1) is 24.9 Å². The number of ether oxygens (including phenoxy) is 1. The van der Waals surface area contributed by atoms with Gasteiger partial charge in [-0.1, -0.05) is 61.4 Å². The molecule has 0 unspecified atom stereocenters. The largest absolute Gasteiger partial charge is 0.496 e. The standard InChI is InChI=1S/C26H31N3O2/c1-19-24(20(2)29(28-19)17-21-11-5-4-6-12-21)25(30)27-18-26(15-9-10-16-26)22-13-7-8-14-23(22)31-3/h4-8,11-14H,9-10,15-18H2,1-3H3,(H,27,30). The Morgan fingerprint density at radius 3 is 2.45 bits per heavy atom. The summed E-state index contributed by atoms with van der Waals surface area (Å²) in [6.45, 7) is 5.15. The van der Waals surface area contributed by atoms with Gasteiger partial charge in [-0.3, -0.25) is 9.48 Å². The van der Waals surface area contributed by atoms with E-state index in [1.807, 2.05) is 48.9 Å². The summed E-state index contributed by atoms with van der Waals surface area (Å²) >= 11 is 0. The van der Waals surface area contributed by atoms with Gasteiger partial charge in [-0.25, -0.2) is 0 Å². The van der Waals surface area contributed by atoms with Crippen molar-refractivity contribution in [2.45, 2.75) is 51.5 Å². The van der Waals surface area contributed by atoms with Gasteiger partial charge in [0, 0.05) is 23.2 Å². The van der Waals surface area contributed by atoms with Crippen molar-refractivity contribution in [3.05, 3.63) is 82.7 Å². The Hall–Kier alpha value is -3.08. The van der Waals surface area contributed by atoms with E-state index in [1.54, 1.807) is 7.11 Å². The number of carbonyl (C=O) groups excluding carboxylic acids is 1. The molecule has 1 aliphatic carbocycles. The second-order valence-electron chi connectivity index (χ2n) is 8.56. The first-order valence-electron chi connectivity index (χ1n) is 11.0. The number of benzene rings is 2. The number of aromatic nitrogens is 2. The first-order chi connectivity index (χ1) is 15.0. The van der Waals surface area contributed by atoms with Crippen LogP contribution in [0.4, 0.5) is 0 Å². The minimum Gasteiger partial charge on any atom is -0.496 e. The van der Waals surface area contributed by atoms with Crippen LogP contribution in [0.25, 0.3) is 0 Å². The van der Waals surface area contributed by atoms with Gasteiger partial charge in [-0.2, -0.15) is 5.10 Å². The van der Waals surface area contributed by atoms with Crippen molar-refractivity contribution in [1.82, 2.24) is 15.1 Å². The van der Waals surface area contributed by atoms with Crippen molar-refractivity contribution < 1.29 is 9.53 Å². The molecule has 5 heteroatoms. The Morgan fingerprint density at radius 1 is 1.06 bits per heavy atom. The summed E-state index contributed by atoms with van der Waals surface area (Å²) in [5.74, 6) is 0.858. The maximum atomic E-state index is 13.2. The van der Waals surface area contributed by atoms with E-state index in [1.165, 1.54) is 24.0 Å². The number of methoxy groups -OCH3 is 1. The molecular formula is C26H31N3O2. The van der Waals surface area contributed by atoms with Crippen LogP contribution >= 0.6 is 0 Å². The maximum absolute atomic E-state index is 13.2. The first-order valence-corrected chi connectivity index (χ1v) is 11.0. The molecule has 0 bridgehead atoms. The quantitative estimate of drug-likeness (QED) is 0.601. The molecule has 1 heterocycles. The van der Waals surface area contributed by atoms with Crippen molar-refractivity contribution in [2.75, 3.05) is 13.7 Å². The molecule has 1 saturated carbocycles. The highest BCUT2D eigenvalue weighted by atomic mass is 16.5. The Balaban J connectivity index is 1.54. The molecule has 0 radical (unpaired) electrons. The molecule has 2 aromatic carbocycles. The van der Waals surface area contributed by atoms with Crippen LogP contribution in [0.3, 0.4) is 0 Å². The van der Waals surface area contributed by atoms with Crippen LogP contribution in [-0.2, 0) is 12.0 Å². The third kappa shape index (κ3) is 4.22. The third-order valence-electron chi connectivity index (χ3n) is 6.61. The van der Waals surface area contributed by atoms with Crippen molar-refractivity contribution in [3.63, 3.8) is 0 Å². The number of rotatable bonds is 7. The van der Waals surface area contributed by atoms with Crippen molar-refractivity contribution in [3.8, 4) is 5.75 Å². The van der Waals surface area contributed by atoms with Crippen molar-refractivity contribution in [1.29, 1.82) is 0 Å². The van der Waals surface area contributed by atoms with Gasteiger partial charge in [0.25, 0.3) is 5.91 Å². The average molecular weight is 418 g/mol. The van der Waals surface area contributed by atoms with Gasteiger partial charge < -0.3 is 10.1 Å². The fourth-order valence-electron chi connectivity index (χ4n) is 4.95. The predicted octanol–water partition coefficient (Wildman–Crippen LogP) is 4.80. The third-order valence-corrected chi connectivity index (χ3v) is 6.61. The molecule has 1 aliphatic rings. The molecule has 1 fully saturated rings. The lowest BCUT2D eigenvalue weighted by Gasteiger charge is -2.31. The fraction of sp³-hybridized carbons (Fsp3) is 0.385. The molecule has 31 heavy (non-hydrogen) atoms. The highest BCUT2D eigenvalue weighted by molar-refractivity contribution is 5.96. The molecular weight excluding hydrogens is 386 g/mol. The number of nitrogens with one attached hydrogen (secondary N) is 1. The van der Waals surface area contributed by atoms with Gasteiger partial charge in [-0.15, -0.1) is 0 Å². The second-order valence-corrected chi connectivity index (χ2v) is 8.56. The topological polar surface area (TPSA) is 56.1 Å². The summed E-state index contributed by atoms with van der Waals surface area (Å²) in [7, 11) is 1.72. The smallest absolute Gasteiger partial charge is 0.255 e. The van der Waals surface area contributed by atoms with E-state index >= 15 is 0 Å². The Morgan fingerprint density at radius 2 is 1.74 bits per heavy atom.